The van der Waals surface area contributed by atoms with Gasteiger partial charge in [-0.05, 0) is 24.7 Å². The van der Waals surface area contributed by atoms with E-state index in [2.05, 4.69) is 4.98 Å². The van der Waals surface area contributed by atoms with Crippen molar-refractivity contribution in [3.63, 3.8) is 0 Å². The maximum atomic E-state index is 5.48. The lowest BCUT2D eigenvalue weighted by molar-refractivity contribution is 0.415. The molecule has 74 valence electrons. The molecule has 4 heteroatoms. The van der Waals surface area contributed by atoms with Crippen molar-refractivity contribution in [2.24, 2.45) is 5.73 Å². The highest BCUT2D eigenvalue weighted by molar-refractivity contribution is 7.18. The van der Waals surface area contributed by atoms with Crippen molar-refractivity contribution >= 4 is 21.6 Å². The normalized spacial score (nSPS) is 10.7. The molecular weight excluding hydrogens is 196 g/mol. The van der Waals surface area contributed by atoms with E-state index in [-0.39, 0.29) is 0 Å². The van der Waals surface area contributed by atoms with Crippen LogP contribution in [-0.2, 0) is 6.42 Å². The Labute approximate surface area is 86.5 Å². The number of aromatic nitrogens is 1. The summed E-state index contributed by atoms with van der Waals surface area (Å²) in [7, 11) is 1.67. The quantitative estimate of drug-likeness (QED) is 0.836. The van der Waals surface area contributed by atoms with Crippen molar-refractivity contribution in [1.29, 1.82) is 0 Å². The van der Waals surface area contributed by atoms with Crippen molar-refractivity contribution in [3.05, 3.63) is 23.2 Å². The zero-order valence-electron chi connectivity index (χ0n) is 7.99. The maximum absolute atomic E-state index is 5.48. The summed E-state index contributed by atoms with van der Waals surface area (Å²) in [5.41, 5.74) is 6.51. The average Bonchev–Trinajstić information content (AvgIpc) is 2.59. The van der Waals surface area contributed by atoms with E-state index >= 15 is 0 Å². The summed E-state index contributed by atoms with van der Waals surface area (Å²) in [6.07, 6.45) is 0.849. The van der Waals surface area contributed by atoms with Crippen molar-refractivity contribution in [1.82, 2.24) is 4.98 Å². The summed E-state index contributed by atoms with van der Waals surface area (Å²) >= 11 is 1.68. The van der Waals surface area contributed by atoms with E-state index in [1.165, 1.54) is 0 Å². The highest BCUT2D eigenvalue weighted by Crippen LogP contribution is 2.26. The van der Waals surface area contributed by atoms with Crippen LogP contribution >= 0.6 is 11.3 Å². The largest absolute Gasteiger partial charge is 0.497 e. The molecule has 1 aromatic carbocycles. The molecule has 0 aliphatic rings. The van der Waals surface area contributed by atoms with Gasteiger partial charge in [-0.1, -0.05) is 0 Å². The Morgan fingerprint density at radius 2 is 2.36 bits per heavy atom. The van der Waals surface area contributed by atoms with Crippen LogP contribution in [0.25, 0.3) is 10.2 Å². The minimum Gasteiger partial charge on any atom is -0.497 e. The van der Waals surface area contributed by atoms with Gasteiger partial charge in [0.05, 0.1) is 22.3 Å². The third kappa shape index (κ3) is 1.71. The molecule has 0 fully saturated rings. The third-order valence-corrected chi connectivity index (χ3v) is 3.08. The summed E-state index contributed by atoms with van der Waals surface area (Å²) in [6.45, 7) is 0.650. The fraction of sp³-hybridized carbons (Fsp3) is 0.300. The number of nitrogens with two attached hydrogens (primary N) is 1. The first-order valence-corrected chi connectivity index (χ1v) is 5.28. The van der Waals surface area contributed by atoms with Crippen LogP contribution in [0.4, 0.5) is 0 Å². The fourth-order valence-corrected chi connectivity index (χ4v) is 2.32. The van der Waals surface area contributed by atoms with Gasteiger partial charge in [0.15, 0.2) is 0 Å². The van der Waals surface area contributed by atoms with Crippen molar-refractivity contribution in [3.8, 4) is 5.75 Å². The Hall–Kier alpha value is -1.13. The number of methoxy groups -OCH3 is 1. The van der Waals surface area contributed by atoms with Crippen LogP contribution in [0.3, 0.4) is 0 Å². The second-order valence-electron chi connectivity index (χ2n) is 2.98. The van der Waals surface area contributed by atoms with Crippen LogP contribution in [-0.4, -0.2) is 18.6 Å². The van der Waals surface area contributed by atoms with Gasteiger partial charge in [-0.15, -0.1) is 11.3 Å². The molecule has 0 spiro atoms. The zero-order valence-corrected chi connectivity index (χ0v) is 8.80. The topological polar surface area (TPSA) is 48.1 Å². The lowest BCUT2D eigenvalue weighted by Gasteiger charge is -1.96. The van der Waals surface area contributed by atoms with Crippen LogP contribution in [0, 0.1) is 0 Å². The summed E-state index contributed by atoms with van der Waals surface area (Å²) in [5.74, 6) is 0.875. The van der Waals surface area contributed by atoms with Crippen LogP contribution < -0.4 is 10.5 Å². The molecule has 0 atom stereocenters. The number of benzene rings is 1. The first-order chi connectivity index (χ1) is 6.83. The van der Waals surface area contributed by atoms with E-state index in [0.29, 0.717) is 6.54 Å². The van der Waals surface area contributed by atoms with Crippen LogP contribution in [0.2, 0.25) is 0 Å². The zero-order chi connectivity index (χ0) is 9.97. The van der Waals surface area contributed by atoms with Crippen molar-refractivity contribution in [2.45, 2.75) is 6.42 Å². The summed E-state index contributed by atoms with van der Waals surface area (Å²) in [5, 5.41) is 1.09. The number of fused-ring (bicyclic) bond motifs is 1. The Bertz CT molecular complexity index is 439. The molecule has 0 aliphatic heterocycles. The standard InChI is InChI=1S/C10H12N2OS/c1-13-7-2-3-8-9(6-7)14-10(12-8)4-5-11/h2-3,6H,4-5,11H2,1H3. The molecule has 0 saturated carbocycles. The van der Waals surface area contributed by atoms with Crippen LogP contribution in [0.5, 0.6) is 5.75 Å². The van der Waals surface area contributed by atoms with Gasteiger partial charge in [0.1, 0.15) is 5.75 Å². The van der Waals surface area contributed by atoms with E-state index in [4.69, 9.17) is 10.5 Å². The molecule has 2 N–H and O–H groups in total. The molecule has 0 aliphatic carbocycles. The highest BCUT2D eigenvalue weighted by Gasteiger charge is 2.03. The second-order valence-corrected chi connectivity index (χ2v) is 4.10. The Morgan fingerprint density at radius 3 is 3.07 bits per heavy atom. The van der Waals surface area contributed by atoms with Gasteiger partial charge >= 0.3 is 0 Å². The van der Waals surface area contributed by atoms with Crippen LogP contribution in [0.15, 0.2) is 18.2 Å². The maximum Gasteiger partial charge on any atom is 0.120 e. The fourth-order valence-electron chi connectivity index (χ4n) is 1.31. The van der Waals surface area contributed by atoms with Gasteiger partial charge in [-0.25, -0.2) is 4.98 Å². The predicted molar refractivity (Wildman–Crippen MR) is 58.9 cm³/mol. The monoisotopic (exact) mass is 208 g/mol. The number of thiazole rings is 1. The number of hydrogen-bond acceptors (Lipinski definition) is 4. The average molecular weight is 208 g/mol. The predicted octanol–water partition coefficient (Wildman–Crippen LogP) is 1.81. The Balaban J connectivity index is 2.43. The van der Waals surface area contributed by atoms with Crippen molar-refractivity contribution in [2.75, 3.05) is 13.7 Å². The van der Waals surface area contributed by atoms with Gasteiger partial charge in [-0.3, -0.25) is 0 Å². The molecule has 3 nitrogen and oxygen atoms in total. The summed E-state index contributed by atoms with van der Waals surface area (Å²) in [4.78, 5) is 4.46. The van der Waals surface area contributed by atoms with Gasteiger partial charge in [0.25, 0.3) is 0 Å². The molecule has 0 radical (unpaired) electrons. The van der Waals surface area contributed by atoms with Gasteiger partial charge in [-0.2, -0.15) is 0 Å². The van der Waals surface area contributed by atoms with Gasteiger partial charge in [0.2, 0.25) is 0 Å². The molecule has 1 heterocycles. The highest BCUT2D eigenvalue weighted by atomic mass is 32.1. The first kappa shape index (κ1) is 9.43. The molecule has 2 rings (SSSR count). The number of rotatable bonds is 3. The molecule has 0 amide bonds. The minimum absolute atomic E-state index is 0.650. The molecule has 0 bridgehead atoms. The number of hydrogen-bond donors (Lipinski definition) is 1. The van der Waals surface area contributed by atoms with E-state index in [0.717, 1.165) is 27.4 Å². The molecule has 0 unspecified atom stereocenters. The number of ether oxygens (including phenoxy) is 1. The Kier molecular flexibility index (Phi) is 2.65. The first-order valence-electron chi connectivity index (χ1n) is 4.47. The van der Waals surface area contributed by atoms with Crippen molar-refractivity contribution < 1.29 is 4.74 Å². The van der Waals surface area contributed by atoms with E-state index in [9.17, 15) is 0 Å². The lowest BCUT2D eigenvalue weighted by atomic mass is 10.3. The molecular formula is C10H12N2OS. The van der Waals surface area contributed by atoms with Gasteiger partial charge < -0.3 is 10.5 Å². The summed E-state index contributed by atoms with van der Waals surface area (Å²) in [6, 6.07) is 5.91. The van der Waals surface area contributed by atoms with Gasteiger partial charge in [0, 0.05) is 6.42 Å². The van der Waals surface area contributed by atoms with E-state index in [1.54, 1.807) is 18.4 Å². The minimum atomic E-state index is 0.650. The molecule has 0 saturated heterocycles. The SMILES string of the molecule is COc1ccc2nc(CCN)sc2c1. The molecule has 2 aromatic rings. The lowest BCUT2D eigenvalue weighted by Crippen LogP contribution is -2.01. The van der Waals surface area contributed by atoms with Crippen LogP contribution in [0.1, 0.15) is 5.01 Å². The summed E-state index contributed by atoms with van der Waals surface area (Å²) < 4.78 is 6.31. The molecule has 1 aromatic heterocycles. The smallest absolute Gasteiger partial charge is 0.120 e. The molecule has 14 heavy (non-hydrogen) atoms. The van der Waals surface area contributed by atoms with E-state index < -0.39 is 0 Å². The third-order valence-electron chi connectivity index (χ3n) is 2.00. The Morgan fingerprint density at radius 1 is 1.50 bits per heavy atom. The second kappa shape index (κ2) is 3.94. The van der Waals surface area contributed by atoms with E-state index in [1.807, 2.05) is 18.2 Å². The number of nitrogens with zero attached hydrogens (tertiary/aromatic N) is 1.